The summed E-state index contributed by atoms with van der Waals surface area (Å²) in [5.74, 6) is -6.65. The minimum absolute atomic E-state index is 0.168. The van der Waals surface area contributed by atoms with E-state index in [4.69, 9.17) is 11.6 Å². The molecule has 1 aliphatic rings. The molecule has 0 spiro atoms. The summed E-state index contributed by atoms with van der Waals surface area (Å²) in [7, 11) is 0. The van der Waals surface area contributed by atoms with Gasteiger partial charge in [-0.3, -0.25) is 14.5 Å². The van der Waals surface area contributed by atoms with Crippen LogP contribution in [0, 0.1) is 11.6 Å². The molecular weight excluding hydrogens is 564 g/mol. The molecule has 6 nitrogen and oxygen atoms in total. The van der Waals surface area contributed by atoms with Gasteiger partial charge in [-0.1, -0.05) is 17.7 Å². The normalized spacial score (nSPS) is 16.8. The molecule has 2 N–H and O–H groups in total. The summed E-state index contributed by atoms with van der Waals surface area (Å²) in [4.78, 5) is 27.2. The third-order valence-corrected chi connectivity index (χ3v) is 6.34. The fourth-order valence-corrected chi connectivity index (χ4v) is 4.22. The lowest BCUT2D eigenvalue weighted by atomic mass is 10.1. The van der Waals surface area contributed by atoms with Crippen molar-refractivity contribution < 1.29 is 44.7 Å². The lowest BCUT2D eigenvalue weighted by Crippen LogP contribution is -2.52. The molecule has 0 unspecified atom stereocenters. The van der Waals surface area contributed by atoms with Crippen LogP contribution in [0.2, 0.25) is 5.02 Å². The molecule has 0 saturated carbocycles. The number of nitrogens with zero attached hydrogens (tertiary/aromatic N) is 2. The zero-order valence-corrected chi connectivity index (χ0v) is 21.1. The average Bonchev–Trinajstić information content (AvgIpc) is 2.83. The zero-order valence-electron chi connectivity index (χ0n) is 20.3. The van der Waals surface area contributed by atoms with Gasteiger partial charge in [-0.25, -0.2) is 8.78 Å². The Kier molecular flexibility index (Phi) is 9.31. The van der Waals surface area contributed by atoms with E-state index in [2.05, 4.69) is 5.32 Å². The molecule has 15 heteroatoms. The van der Waals surface area contributed by atoms with Crippen LogP contribution in [0.3, 0.4) is 0 Å². The van der Waals surface area contributed by atoms with Crippen molar-refractivity contribution in [3.63, 3.8) is 0 Å². The number of carbonyl (C=O) groups excluding carboxylic acids is 2. The van der Waals surface area contributed by atoms with Crippen LogP contribution in [-0.2, 0) is 11.3 Å². The number of amides is 2. The Hall–Kier alpha value is -3.13. The summed E-state index contributed by atoms with van der Waals surface area (Å²) in [5, 5.41) is 4.16. The summed E-state index contributed by atoms with van der Waals surface area (Å²) in [6.45, 7) is 1.51. The van der Waals surface area contributed by atoms with Crippen LogP contribution in [0.4, 0.5) is 46.5 Å². The Morgan fingerprint density at radius 3 is 2.33 bits per heavy atom. The second-order valence-electron chi connectivity index (χ2n) is 8.89. The number of nitrogens with one attached hydrogen (secondary N) is 2. The van der Waals surface area contributed by atoms with Crippen molar-refractivity contribution in [1.29, 1.82) is 0 Å². The summed E-state index contributed by atoms with van der Waals surface area (Å²) in [6.07, 6.45) is -10.4. The van der Waals surface area contributed by atoms with Crippen molar-refractivity contribution in [1.82, 2.24) is 10.2 Å². The number of piperazine rings is 1. The highest BCUT2D eigenvalue weighted by Gasteiger charge is 2.38. The second kappa shape index (κ2) is 11.9. The van der Waals surface area contributed by atoms with Gasteiger partial charge in [-0.15, -0.1) is 0 Å². The number of alkyl halides is 6. The van der Waals surface area contributed by atoms with E-state index < -0.39 is 59.9 Å². The van der Waals surface area contributed by atoms with Gasteiger partial charge in [0.15, 0.2) is 11.6 Å². The summed E-state index contributed by atoms with van der Waals surface area (Å²) in [5.41, 5.74) is -0.775. The molecule has 2 amide bonds. The van der Waals surface area contributed by atoms with Crippen molar-refractivity contribution in [2.75, 3.05) is 36.4 Å². The maximum atomic E-state index is 14.7. The number of benzene rings is 2. The third-order valence-electron chi connectivity index (χ3n) is 6.10. The molecular formula is C24H23ClF8N4O2. The first-order valence-electron chi connectivity index (χ1n) is 11.6. The SMILES string of the molecule is C[C@@H]1CN(c2cc(Cl)ccc2NC(=O)c2ccc(CNC(=O)C(F)(F)F)c(F)c2F)CCN1CCC(F)(F)F. The Bertz CT molecular complexity index is 1220. The van der Waals surface area contributed by atoms with Gasteiger partial charge in [0.05, 0.1) is 23.4 Å². The fraction of sp³-hybridized carbons (Fsp3) is 0.417. The first-order chi connectivity index (χ1) is 18.1. The number of halogens is 9. The van der Waals surface area contributed by atoms with Crippen LogP contribution in [0.15, 0.2) is 30.3 Å². The average molecular weight is 587 g/mol. The Balaban J connectivity index is 1.74. The highest BCUT2D eigenvalue weighted by atomic mass is 35.5. The van der Waals surface area contributed by atoms with Crippen LogP contribution >= 0.6 is 11.6 Å². The molecule has 3 rings (SSSR count). The van der Waals surface area contributed by atoms with E-state index in [1.807, 2.05) is 0 Å². The van der Waals surface area contributed by atoms with Gasteiger partial charge < -0.3 is 15.5 Å². The van der Waals surface area contributed by atoms with Crippen LogP contribution < -0.4 is 15.5 Å². The molecule has 2 aromatic carbocycles. The smallest absolute Gasteiger partial charge is 0.367 e. The zero-order chi connectivity index (χ0) is 29.1. The van der Waals surface area contributed by atoms with E-state index in [-0.39, 0.29) is 23.3 Å². The molecule has 214 valence electrons. The monoisotopic (exact) mass is 586 g/mol. The molecule has 0 radical (unpaired) electrons. The Labute approximate surface area is 222 Å². The predicted octanol–water partition coefficient (Wildman–Crippen LogP) is 5.51. The quantitative estimate of drug-likeness (QED) is 0.420. The van der Waals surface area contributed by atoms with Crippen molar-refractivity contribution in [3.8, 4) is 0 Å². The Morgan fingerprint density at radius 2 is 1.72 bits per heavy atom. The molecule has 0 aliphatic carbocycles. The van der Waals surface area contributed by atoms with Crippen LogP contribution in [-0.4, -0.2) is 61.3 Å². The standard InChI is InChI=1S/C24H23ClF8N4O2/c1-13-12-37(9-8-36(13)7-6-23(28,29)30)18-10-15(25)3-5-17(18)35-21(38)16-4-2-14(19(26)20(16)27)11-34-22(39)24(31,32)33/h2-5,10,13H,6-9,11-12H2,1H3,(H,34,39)(H,35,38)/t13-/m1/s1. The molecule has 1 saturated heterocycles. The molecule has 1 atom stereocenters. The number of anilines is 2. The molecule has 39 heavy (non-hydrogen) atoms. The van der Waals surface area contributed by atoms with Gasteiger partial charge in [0.2, 0.25) is 0 Å². The number of carbonyl (C=O) groups is 2. The minimum Gasteiger partial charge on any atom is -0.367 e. The molecule has 1 fully saturated rings. The minimum atomic E-state index is -5.21. The van der Waals surface area contributed by atoms with E-state index in [1.165, 1.54) is 23.5 Å². The van der Waals surface area contributed by atoms with Crippen molar-refractivity contribution in [2.45, 2.75) is 38.3 Å². The first kappa shape index (κ1) is 30.4. The van der Waals surface area contributed by atoms with Crippen LogP contribution in [0.1, 0.15) is 29.3 Å². The molecule has 2 aromatic rings. The van der Waals surface area contributed by atoms with E-state index in [1.54, 1.807) is 16.7 Å². The van der Waals surface area contributed by atoms with Gasteiger partial charge in [0.25, 0.3) is 5.91 Å². The van der Waals surface area contributed by atoms with Gasteiger partial charge in [0.1, 0.15) is 0 Å². The van der Waals surface area contributed by atoms with Crippen LogP contribution in [0.5, 0.6) is 0 Å². The van der Waals surface area contributed by atoms with E-state index >= 15 is 0 Å². The number of hydrogen-bond acceptors (Lipinski definition) is 4. The maximum Gasteiger partial charge on any atom is 0.471 e. The largest absolute Gasteiger partial charge is 0.471 e. The summed E-state index contributed by atoms with van der Waals surface area (Å²) in [6, 6.07) is 5.83. The lowest BCUT2D eigenvalue weighted by Gasteiger charge is -2.41. The van der Waals surface area contributed by atoms with Gasteiger partial charge in [-0.2, -0.15) is 26.3 Å². The maximum absolute atomic E-state index is 14.7. The molecule has 0 aromatic heterocycles. The van der Waals surface area contributed by atoms with Crippen molar-refractivity contribution in [2.24, 2.45) is 0 Å². The number of hydrogen-bond donors (Lipinski definition) is 2. The second-order valence-corrected chi connectivity index (χ2v) is 9.33. The van der Waals surface area contributed by atoms with E-state index in [0.717, 1.165) is 12.1 Å². The highest BCUT2D eigenvalue weighted by molar-refractivity contribution is 6.31. The molecule has 1 aliphatic heterocycles. The topological polar surface area (TPSA) is 64.7 Å². The molecule has 0 bridgehead atoms. The Morgan fingerprint density at radius 1 is 1.03 bits per heavy atom. The summed E-state index contributed by atoms with van der Waals surface area (Å²) < 4.78 is 104. The van der Waals surface area contributed by atoms with Crippen LogP contribution in [0.25, 0.3) is 0 Å². The van der Waals surface area contributed by atoms with Gasteiger partial charge in [0, 0.05) is 49.4 Å². The number of rotatable bonds is 7. The first-order valence-corrected chi connectivity index (χ1v) is 11.9. The predicted molar refractivity (Wildman–Crippen MR) is 128 cm³/mol. The third kappa shape index (κ3) is 7.94. The van der Waals surface area contributed by atoms with E-state index in [0.29, 0.717) is 25.3 Å². The van der Waals surface area contributed by atoms with Gasteiger partial charge in [-0.05, 0) is 31.2 Å². The highest BCUT2D eigenvalue weighted by Crippen LogP contribution is 2.32. The fourth-order valence-electron chi connectivity index (χ4n) is 4.06. The van der Waals surface area contributed by atoms with Crippen molar-refractivity contribution in [3.05, 3.63) is 58.1 Å². The molecule has 1 heterocycles. The summed E-state index contributed by atoms with van der Waals surface area (Å²) >= 11 is 6.11. The van der Waals surface area contributed by atoms with Gasteiger partial charge >= 0.3 is 18.3 Å². The van der Waals surface area contributed by atoms with E-state index in [9.17, 15) is 44.7 Å². The lowest BCUT2D eigenvalue weighted by molar-refractivity contribution is -0.173. The van der Waals surface area contributed by atoms with Crippen molar-refractivity contribution >= 4 is 34.8 Å².